The summed E-state index contributed by atoms with van der Waals surface area (Å²) in [6.07, 6.45) is 0. The quantitative estimate of drug-likeness (QED) is 0.390. The molecular formula is C13H10ClN3O3. The monoisotopic (exact) mass is 291 g/mol. The molecule has 6 nitrogen and oxygen atoms in total. The van der Waals surface area contributed by atoms with Crippen LogP contribution in [0.3, 0.4) is 0 Å². The molecular weight excluding hydrogens is 282 g/mol. The van der Waals surface area contributed by atoms with Crippen LogP contribution in [0.15, 0.2) is 42.5 Å². The van der Waals surface area contributed by atoms with Gasteiger partial charge in [-0.05, 0) is 24.3 Å². The van der Waals surface area contributed by atoms with Crippen LogP contribution in [0.2, 0.25) is 5.02 Å². The number of amidine groups is 1. The van der Waals surface area contributed by atoms with Gasteiger partial charge in [0.25, 0.3) is 5.69 Å². The molecule has 0 saturated carbocycles. The van der Waals surface area contributed by atoms with E-state index < -0.39 is 4.92 Å². The fourth-order valence-corrected chi connectivity index (χ4v) is 1.73. The molecule has 0 amide bonds. The second-order valence-corrected chi connectivity index (χ2v) is 4.34. The normalized spacial score (nSPS) is 10.1. The van der Waals surface area contributed by atoms with E-state index in [0.29, 0.717) is 22.1 Å². The third-order valence-electron chi connectivity index (χ3n) is 2.51. The van der Waals surface area contributed by atoms with Crippen molar-refractivity contribution in [3.63, 3.8) is 0 Å². The topological polar surface area (TPSA) is 102 Å². The minimum atomic E-state index is -0.496. The summed E-state index contributed by atoms with van der Waals surface area (Å²) in [5, 5.41) is 18.5. The van der Waals surface area contributed by atoms with Crippen LogP contribution in [-0.4, -0.2) is 10.8 Å². The molecule has 0 aliphatic carbocycles. The van der Waals surface area contributed by atoms with Crippen LogP contribution >= 0.6 is 11.6 Å². The van der Waals surface area contributed by atoms with Crippen LogP contribution in [0.1, 0.15) is 5.56 Å². The highest BCUT2D eigenvalue weighted by molar-refractivity contribution is 6.30. The lowest BCUT2D eigenvalue weighted by Crippen LogP contribution is -2.12. The number of hydrogen-bond donors (Lipinski definition) is 2. The first kappa shape index (κ1) is 13.8. The van der Waals surface area contributed by atoms with Gasteiger partial charge in [-0.2, -0.15) is 0 Å². The predicted octanol–water partition coefficient (Wildman–Crippen LogP) is 3.32. The van der Waals surface area contributed by atoms with Gasteiger partial charge in [-0.15, -0.1) is 0 Å². The number of nitrogens with one attached hydrogen (secondary N) is 1. The number of rotatable bonds is 4. The smallest absolute Gasteiger partial charge is 0.269 e. The molecule has 3 N–H and O–H groups in total. The Kier molecular flexibility index (Phi) is 3.86. The second-order valence-electron chi connectivity index (χ2n) is 3.91. The number of halogens is 1. The molecule has 2 aromatic rings. The highest BCUT2D eigenvalue weighted by Gasteiger charge is 2.10. The zero-order valence-electron chi connectivity index (χ0n) is 10.2. The molecule has 0 bridgehead atoms. The minimum Gasteiger partial charge on any atom is -0.457 e. The van der Waals surface area contributed by atoms with Crippen LogP contribution in [-0.2, 0) is 0 Å². The van der Waals surface area contributed by atoms with Gasteiger partial charge in [0, 0.05) is 23.2 Å². The van der Waals surface area contributed by atoms with Crippen molar-refractivity contribution in [1.29, 1.82) is 5.41 Å². The summed E-state index contributed by atoms with van der Waals surface area (Å²) in [4.78, 5) is 10.1. The van der Waals surface area contributed by atoms with Crippen LogP contribution in [0, 0.1) is 15.5 Å². The fourth-order valence-electron chi connectivity index (χ4n) is 1.57. The molecule has 0 aliphatic heterocycles. The Bertz CT molecular complexity index is 671. The number of ether oxygens (including phenoxy) is 1. The summed E-state index contributed by atoms with van der Waals surface area (Å²) in [7, 11) is 0. The van der Waals surface area contributed by atoms with E-state index in [1.807, 2.05) is 0 Å². The summed E-state index contributed by atoms with van der Waals surface area (Å²) in [5.41, 5.74) is 5.82. The largest absolute Gasteiger partial charge is 0.457 e. The first-order chi connectivity index (χ1) is 9.47. The molecule has 0 atom stereocenters. The van der Waals surface area contributed by atoms with Crippen LogP contribution in [0.25, 0.3) is 0 Å². The predicted molar refractivity (Wildman–Crippen MR) is 75.6 cm³/mol. The standard InChI is InChI=1S/C13H10ClN3O3/c14-8-1-6-11(13(15)16)12(7-8)20-10-4-2-9(3-5-10)17(18)19/h1-7H,(H3,15,16). The minimum absolute atomic E-state index is 0.0322. The van der Waals surface area contributed by atoms with Crippen LogP contribution < -0.4 is 10.5 Å². The van der Waals surface area contributed by atoms with Gasteiger partial charge in [-0.25, -0.2) is 0 Å². The molecule has 0 aromatic heterocycles. The molecule has 7 heteroatoms. The van der Waals surface area contributed by atoms with E-state index >= 15 is 0 Å². The third kappa shape index (κ3) is 3.04. The Hall–Kier alpha value is -2.60. The summed E-state index contributed by atoms with van der Waals surface area (Å²) >= 11 is 5.87. The first-order valence-electron chi connectivity index (χ1n) is 5.53. The zero-order chi connectivity index (χ0) is 14.7. The van der Waals surface area contributed by atoms with E-state index in [2.05, 4.69) is 0 Å². The second kappa shape index (κ2) is 5.58. The van der Waals surface area contributed by atoms with Crippen molar-refractivity contribution in [1.82, 2.24) is 0 Å². The van der Waals surface area contributed by atoms with E-state index in [4.69, 9.17) is 27.5 Å². The fraction of sp³-hybridized carbons (Fsp3) is 0. The first-order valence-corrected chi connectivity index (χ1v) is 5.91. The molecule has 0 saturated heterocycles. The summed E-state index contributed by atoms with van der Waals surface area (Å²) in [6.45, 7) is 0. The molecule has 0 fully saturated rings. The number of nitro groups is 1. The molecule has 2 aromatic carbocycles. The lowest BCUT2D eigenvalue weighted by Gasteiger charge is -2.10. The van der Waals surface area contributed by atoms with E-state index in [9.17, 15) is 10.1 Å². The van der Waals surface area contributed by atoms with Gasteiger partial charge >= 0.3 is 0 Å². The van der Waals surface area contributed by atoms with Crippen molar-refractivity contribution in [3.05, 3.63) is 63.2 Å². The lowest BCUT2D eigenvalue weighted by atomic mass is 10.2. The van der Waals surface area contributed by atoms with Gasteiger partial charge in [0.1, 0.15) is 17.3 Å². The van der Waals surface area contributed by atoms with E-state index in [1.54, 1.807) is 12.1 Å². The average molecular weight is 292 g/mol. The van der Waals surface area contributed by atoms with Crippen molar-refractivity contribution >= 4 is 23.1 Å². The van der Waals surface area contributed by atoms with E-state index in [-0.39, 0.29) is 11.5 Å². The lowest BCUT2D eigenvalue weighted by molar-refractivity contribution is -0.384. The molecule has 0 unspecified atom stereocenters. The summed E-state index contributed by atoms with van der Waals surface area (Å²) < 4.78 is 5.56. The maximum Gasteiger partial charge on any atom is 0.269 e. The molecule has 0 aliphatic rings. The number of nitrogen functional groups attached to an aromatic ring is 1. The van der Waals surface area contributed by atoms with E-state index in [0.717, 1.165) is 0 Å². The molecule has 102 valence electrons. The summed E-state index contributed by atoms with van der Waals surface area (Å²) in [6, 6.07) is 10.3. The average Bonchev–Trinajstić information content (AvgIpc) is 2.39. The number of non-ortho nitro benzene ring substituents is 1. The van der Waals surface area contributed by atoms with Crippen LogP contribution in [0.5, 0.6) is 11.5 Å². The summed E-state index contributed by atoms with van der Waals surface area (Å²) in [5.74, 6) is 0.554. The Morgan fingerprint density at radius 2 is 1.90 bits per heavy atom. The highest BCUT2D eigenvalue weighted by atomic mass is 35.5. The number of nitrogens with two attached hydrogens (primary N) is 1. The Morgan fingerprint density at radius 1 is 1.25 bits per heavy atom. The Balaban J connectivity index is 2.31. The van der Waals surface area contributed by atoms with Gasteiger partial charge < -0.3 is 10.5 Å². The van der Waals surface area contributed by atoms with Gasteiger partial charge in [0.05, 0.1) is 10.5 Å². The van der Waals surface area contributed by atoms with Crippen molar-refractivity contribution < 1.29 is 9.66 Å². The van der Waals surface area contributed by atoms with Crippen molar-refractivity contribution in [2.75, 3.05) is 0 Å². The number of benzene rings is 2. The van der Waals surface area contributed by atoms with Gasteiger partial charge in [-0.1, -0.05) is 11.6 Å². The highest BCUT2D eigenvalue weighted by Crippen LogP contribution is 2.29. The van der Waals surface area contributed by atoms with Crippen LogP contribution in [0.4, 0.5) is 5.69 Å². The SMILES string of the molecule is N=C(N)c1ccc(Cl)cc1Oc1ccc([N+](=O)[O-])cc1. The Morgan fingerprint density at radius 3 is 2.45 bits per heavy atom. The molecule has 2 rings (SSSR count). The number of hydrogen-bond acceptors (Lipinski definition) is 4. The number of nitro benzene ring substituents is 1. The number of nitrogens with zero attached hydrogens (tertiary/aromatic N) is 1. The Labute approximate surface area is 119 Å². The molecule has 20 heavy (non-hydrogen) atoms. The van der Waals surface area contributed by atoms with Gasteiger partial charge in [-0.3, -0.25) is 15.5 Å². The zero-order valence-corrected chi connectivity index (χ0v) is 10.9. The van der Waals surface area contributed by atoms with Crippen molar-refractivity contribution in [3.8, 4) is 11.5 Å². The maximum absolute atomic E-state index is 10.6. The van der Waals surface area contributed by atoms with Gasteiger partial charge in [0.15, 0.2) is 0 Å². The van der Waals surface area contributed by atoms with Crippen molar-refractivity contribution in [2.24, 2.45) is 5.73 Å². The maximum atomic E-state index is 10.6. The van der Waals surface area contributed by atoms with Gasteiger partial charge in [0.2, 0.25) is 0 Å². The third-order valence-corrected chi connectivity index (χ3v) is 2.74. The van der Waals surface area contributed by atoms with Crippen molar-refractivity contribution in [2.45, 2.75) is 0 Å². The molecule has 0 spiro atoms. The molecule has 0 heterocycles. The molecule has 0 radical (unpaired) electrons. The van der Waals surface area contributed by atoms with E-state index in [1.165, 1.54) is 30.3 Å².